The van der Waals surface area contributed by atoms with Crippen LogP contribution in [0.15, 0.2) is 36.5 Å². The number of carbonyl (C=O) groups excluding carboxylic acids is 2. The fraction of sp³-hybridized carbons (Fsp3) is 0.400. The topological polar surface area (TPSA) is 91.0 Å². The SMILES string of the molecule is N#Cc1cccc(C(=O)N2Cc3ccnn3C(C(=O)NC3CCCC3)C2)c1. The smallest absolute Gasteiger partial charge is 0.254 e. The summed E-state index contributed by atoms with van der Waals surface area (Å²) in [5.41, 5.74) is 1.73. The van der Waals surface area contributed by atoms with Gasteiger partial charge in [-0.3, -0.25) is 14.3 Å². The van der Waals surface area contributed by atoms with Crippen LogP contribution >= 0.6 is 0 Å². The molecule has 2 aromatic rings. The summed E-state index contributed by atoms with van der Waals surface area (Å²) < 4.78 is 1.72. The third kappa shape index (κ3) is 3.43. The third-order valence-corrected chi connectivity index (χ3v) is 5.32. The Labute approximate surface area is 157 Å². The highest BCUT2D eigenvalue weighted by Gasteiger charge is 2.34. The lowest BCUT2D eigenvalue weighted by Crippen LogP contribution is -2.48. The summed E-state index contributed by atoms with van der Waals surface area (Å²) in [6.07, 6.45) is 5.96. The number of amides is 2. The van der Waals surface area contributed by atoms with Crippen LogP contribution in [0.25, 0.3) is 0 Å². The first kappa shape index (κ1) is 17.3. The summed E-state index contributed by atoms with van der Waals surface area (Å²) in [5, 5.41) is 16.5. The van der Waals surface area contributed by atoms with E-state index < -0.39 is 6.04 Å². The minimum Gasteiger partial charge on any atom is -0.351 e. The van der Waals surface area contributed by atoms with Gasteiger partial charge in [-0.25, -0.2) is 0 Å². The van der Waals surface area contributed by atoms with E-state index in [4.69, 9.17) is 5.26 Å². The van der Waals surface area contributed by atoms with Crippen LogP contribution in [0, 0.1) is 11.3 Å². The molecule has 7 heteroatoms. The first-order valence-electron chi connectivity index (χ1n) is 9.28. The van der Waals surface area contributed by atoms with E-state index in [-0.39, 0.29) is 24.4 Å². The number of benzene rings is 1. The lowest BCUT2D eigenvalue weighted by molar-refractivity contribution is -0.126. The van der Waals surface area contributed by atoms with Crippen molar-refractivity contribution >= 4 is 11.8 Å². The van der Waals surface area contributed by atoms with Crippen LogP contribution < -0.4 is 5.32 Å². The molecular weight excluding hydrogens is 342 g/mol. The molecule has 27 heavy (non-hydrogen) atoms. The Morgan fingerprint density at radius 3 is 2.81 bits per heavy atom. The van der Waals surface area contributed by atoms with Gasteiger partial charge in [-0.1, -0.05) is 18.9 Å². The molecule has 1 saturated carbocycles. The van der Waals surface area contributed by atoms with E-state index >= 15 is 0 Å². The first-order valence-corrected chi connectivity index (χ1v) is 9.28. The predicted octanol–water partition coefficient (Wildman–Crippen LogP) is 2.01. The summed E-state index contributed by atoms with van der Waals surface area (Å²) in [7, 11) is 0. The normalized spacial score (nSPS) is 19.4. The molecular formula is C20H21N5O2. The Morgan fingerprint density at radius 2 is 2.04 bits per heavy atom. The minimum absolute atomic E-state index is 0.0878. The van der Waals surface area contributed by atoms with Gasteiger partial charge in [0.2, 0.25) is 5.91 Å². The van der Waals surface area contributed by atoms with E-state index in [1.165, 1.54) is 0 Å². The highest BCUT2D eigenvalue weighted by molar-refractivity contribution is 5.95. The molecule has 1 aliphatic heterocycles. The number of carbonyl (C=O) groups is 2. The van der Waals surface area contributed by atoms with E-state index in [1.54, 1.807) is 40.0 Å². The lowest BCUT2D eigenvalue weighted by Gasteiger charge is -2.33. The van der Waals surface area contributed by atoms with Gasteiger partial charge >= 0.3 is 0 Å². The fourth-order valence-electron chi connectivity index (χ4n) is 3.91. The van der Waals surface area contributed by atoms with Crippen molar-refractivity contribution < 1.29 is 9.59 Å². The number of fused-ring (bicyclic) bond motifs is 1. The molecule has 1 N–H and O–H groups in total. The number of aromatic nitrogens is 2. The second kappa shape index (κ2) is 7.23. The van der Waals surface area contributed by atoms with E-state index in [2.05, 4.69) is 16.5 Å². The molecule has 2 heterocycles. The Balaban J connectivity index is 1.56. The van der Waals surface area contributed by atoms with Gasteiger partial charge in [0, 0.05) is 17.8 Å². The van der Waals surface area contributed by atoms with E-state index in [9.17, 15) is 9.59 Å². The van der Waals surface area contributed by atoms with Gasteiger partial charge in [-0.15, -0.1) is 0 Å². The van der Waals surface area contributed by atoms with Gasteiger partial charge in [0.15, 0.2) is 0 Å². The zero-order valence-corrected chi connectivity index (χ0v) is 15.0. The van der Waals surface area contributed by atoms with Crippen molar-refractivity contribution in [2.75, 3.05) is 6.54 Å². The molecule has 4 rings (SSSR count). The summed E-state index contributed by atoms with van der Waals surface area (Å²) in [5.74, 6) is -0.270. The Morgan fingerprint density at radius 1 is 1.22 bits per heavy atom. The summed E-state index contributed by atoms with van der Waals surface area (Å²) in [4.78, 5) is 27.5. The number of rotatable bonds is 3. The Kier molecular flexibility index (Phi) is 4.63. The average Bonchev–Trinajstić information content (AvgIpc) is 3.38. The maximum Gasteiger partial charge on any atom is 0.254 e. The Bertz CT molecular complexity index is 907. The van der Waals surface area contributed by atoms with Crippen molar-refractivity contribution in [3.05, 3.63) is 53.3 Å². The maximum absolute atomic E-state index is 13.0. The van der Waals surface area contributed by atoms with Gasteiger partial charge in [-0.05, 0) is 37.1 Å². The molecule has 1 aliphatic carbocycles. The zero-order chi connectivity index (χ0) is 18.8. The van der Waals surface area contributed by atoms with Gasteiger partial charge < -0.3 is 10.2 Å². The molecule has 138 valence electrons. The van der Waals surface area contributed by atoms with Crippen LogP contribution in [0.1, 0.15) is 53.3 Å². The van der Waals surface area contributed by atoms with Gasteiger partial charge in [0.25, 0.3) is 5.91 Å². The van der Waals surface area contributed by atoms with Crippen LogP contribution in [0.2, 0.25) is 0 Å². The van der Waals surface area contributed by atoms with E-state index in [1.807, 2.05) is 6.07 Å². The van der Waals surface area contributed by atoms with Gasteiger partial charge in [0.05, 0.1) is 30.4 Å². The minimum atomic E-state index is -0.535. The summed E-state index contributed by atoms with van der Waals surface area (Å²) in [6.45, 7) is 0.658. The summed E-state index contributed by atoms with van der Waals surface area (Å²) in [6, 6.07) is 10.2. The number of nitrogens with one attached hydrogen (secondary N) is 1. The second-order valence-electron chi connectivity index (χ2n) is 7.15. The standard InChI is InChI=1S/C20H21N5O2/c21-11-14-4-3-5-15(10-14)20(27)24-12-17-8-9-22-25(17)18(13-24)19(26)23-16-6-1-2-7-16/h3-5,8-10,16,18H,1-2,6-7,12-13H2,(H,23,26). The summed E-state index contributed by atoms with van der Waals surface area (Å²) >= 11 is 0. The molecule has 7 nitrogen and oxygen atoms in total. The number of nitriles is 1. The molecule has 1 unspecified atom stereocenters. The van der Waals surface area contributed by atoms with Gasteiger partial charge in [-0.2, -0.15) is 10.4 Å². The van der Waals surface area contributed by atoms with E-state index in [0.29, 0.717) is 17.7 Å². The number of hydrogen-bond acceptors (Lipinski definition) is 4. The van der Waals surface area contributed by atoms with Crippen molar-refractivity contribution in [2.45, 2.75) is 44.3 Å². The highest BCUT2D eigenvalue weighted by Crippen LogP contribution is 2.24. The van der Waals surface area contributed by atoms with Crippen LogP contribution in [0.5, 0.6) is 0 Å². The average molecular weight is 363 g/mol. The second-order valence-corrected chi connectivity index (χ2v) is 7.15. The molecule has 1 fully saturated rings. The molecule has 0 bridgehead atoms. The third-order valence-electron chi connectivity index (χ3n) is 5.32. The van der Waals surface area contributed by atoms with Crippen molar-refractivity contribution in [2.24, 2.45) is 0 Å². The predicted molar refractivity (Wildman–Crippen MR) is 97.6 cm³/mol. The number of nitrogens with zero attached hydrogens (tertiary/aromatic N) is 4. The van der Waals surface area contributed by atoms with Crippen molar-refractivity contribution in [1.82, 2.24) is 20.0 Å². The first-order chi connectivity index (χ1) is 13.2. The largest absolute Gasteiger partial charge is 0.351 e. The Hall–Kier alpha value is -3.14. The van der Waals surface area contributed by atoms with Crippen LogP contribution in [-0.2, 0) is 11.3 Å². The molecule has 1 aromatic heterocycles. The van der Waals surface area contributed by atoms with Crippen molar-refractivity contribution in [3.63, 3.8) is 0 Å². The van der Waals surface area contributed by atoms with Crippen LogP contribution in [-0.4, -0.2) is 39.1 Å². The van der Waals surface area contributed by atoms with Crippen molar-refractivity contribution in [1.29, 1.82) is 5.26 Å². The quantitative estimate of drug-likeness (QED) is 0.903. The lowest BCUT2D eigenvalue weighted by atomic mass is 10.1. The molecule has 2 aliphatic rings. The molecule has 0 radical (unpaired) electrons. The molecule has 0 saturated heterocycles. The van der Waals surface area contributed by atoms with Crippen molar-refractivity contribution in [3.8, 4) is 6.07 Å². The molecule has 1 aromatic carbocycles. The van der Waals surface area contributed by atoms with Crippen LogP contribution in [0.3, 0.4) is 0 Å². The highest BCUT2D eigenvalue weighted by atomic mass is 16.2. The molecule has 1 atom stereocenters. The maximum atomic E-state index is 13.0. The zero-order valence-electron chi connectivity index (χ0n) is 15.0. The fourth-order valence-corrected chi connectivity index (χ4v) is 3.91. The van der Waals surface area contributed by atoms with Crippen LogP contribution in [0.4, 0.5) is 0 Å². The number of hydrogen-bond donors (Lipinski definition) is 1. The monoisotopic (exact) mass is 363 g/mol. The molecule has 0 spiro atoms. The van der Waals surface area contributed by atoms with E-state index in [0.717, 1.165) is 31.4 Å². The van der Waals surface area contributed by atoms with Gasteiger partial charge in [0.1, 0.15) is 6.04 Å². The molecule has 2 amide bonds.